The van der Waals surface area contributed by atoms with E-state index < -0.39 is 5.97 Å². The van der Waals surface area contributed by atoms with Crippen molar-refractivity contribution >= 4 is 11.9 Å². The summed E-state index contributed by atoms with van der Waals surface area (Å²) >= 11 is 0. The van der Waals surface area contributed by atoms with Crippen molar-refractivity contribution in [3.05, 3.63) is 53.1 Å². The number of nitrogens with zero attached hydrogens (tertiary/aromatic N) is 2. The van der Waals surface area contributed by atoms with E-state index in [1.54, 1.807) is 12.1 Å². The molecule has 3 rings (SSSR count). The molecular formula is C21H25FN2O3. The number of amides is 1. The van der Waals surface area contributed by atoms with Crippen LogP contribution in [0.2, 0.25) is 0 Å². The third-order valence-electron chi connectivity index (χ3n) is 5.32. The maximum Gasteiger partial charge on any atom is 0.303 e. The number of rotatable bonds is 5. The van der Waals surface area contributed by atoms with Gasteiger partial charge < -0.3 is 14.6 Å². The Balaban J connectivity index is 1.80. The fourth-order valence-electron chi connectivity index (χ4n) is 3.95. The van der Waals surface area contributed by atoms with Crippen LogP contribution in [0.15, 0.2) is 30.3 Å². The molecular weight excluding hydrogens is 347 g/mol. The van der Waals surface area contributed by atoms with Crippen molar-refractivity contribution in [3.63, 3.8) is 0 Å². The molecule has 1 aliphatic rings. The number of benzene rings is 1. The Kier molecular flexibility index (Phi) is 5.63. The summed E-state index contributed by atoms with van der Waals surface area (Å²) in [5.74, 6) is -0.865. The maximum atomic E-state index is 13.2. The van der Waals surface area contributed by atoms with Crippen molar-refractivity contribution in [1.29, 1.82) is 0 Å². The summed E-state index contributed by atoms with van der Waals surface area (Å²) < 4.78 is 15.2. The standard InChI is InChI=1S/C21H25FN2O3/c1-14-12-19(15(2)24(14)18-8-6-17(22)7-9-18)21(27)23-11-3-4-16(13-23)5-10-20(25)26/h6-9,12,16H,3-5,10-11,13H2,1-2H3,(H,25,26). The lowest BCUT2D eigenvalue weighted by Gasteiger charge is -2.32. The number of carboxylic acid groups (broad SMARTS) is 1. The van der Waals surface area contributed by atoms with E-state index in [0.29, 0.717) is 25.1 Å². The number of hydrogen-bond acceptors (Lipinski definition) is 2. The van der Waals surface area contributed by atoms with Crippen molar-refractivity contribution in [3.8, 4) is 5.69 Å². The summed E-state index contributed by atoms with van der Waals surface area (Å²) in [4.78, 5) is 25.7. The first-order valence-electron chi connectivity index (χ1n) is 9.32. The van der Waals surface area contributed by atoms with Gasteiger partial charge in [-0.15, -0.1) is 0 Å². The van der Waals surface area contributed by atoms with Crippen LogP contribution in [0.4, 0.5) is 4.39 Å². The number of likely N-dealkylation sites (tertiary alicyclic amines) is 1. The molecule has 2 aromatic rings. The molecule has 1 atom stereocenters. The Labute approximate surface area is 158 Å². The SMILES string of the molecule is Cc1cc(C(=O)N2CCCC(CCC(=O)O)C2)c(C)n1-c1ccc(F)cc1. The van der Waals surface area contributed by atoms with Gasteiger partial charge in [0.15, 0.2) is 0 Å². The zero-order chi connectivity index (χ0) is 19.6. The molecule has 1 unspecified atom stereocenters. The van der Waals surface area contributed by atoms with Crippen LogP contribution in [-0.2, 0) is 4.79 Å². The van der Waals surface area contributed by atoms with E-state index in [1.165, 1.54) is 12.1 Å². The molecule has 0 radical (unpaired) electrons. The average molecular weight is 372 g/mol. The fraction of sp³-hybridized carbons (Fsp3) is 0.429. The summed E-state index contributed by atoms with van der Waals surface area (Å²) in [6.07, 6.45) is 2.61. The van der Waals surface area contributed by atoms with Crippen molar-refractivity contribution in [2.24, 2.45) is 5.92 Å². The van der Waals surface area contributed by atoms with Crippen LogP contribution in [0.3, 0.4) is 0 Å². The Hall–Kier alpha value is -2.63. The summed E-state index contributed by atoms with van der Waals surface area (Å²) in [6, 6.07) is 8.10. The zero-order valence-corrected chi connectivity index (χ0v) is 15.7. The van der Waals surface area contributed by atoms with Gasteiger partial charge in [0.2, 0.25) is 0 Å². The molecule has 1 N–H and O–H groups in total. The molecule has 0 bridgehead atoms. The predicted molar refractivity (Wildman–Crippen MR) is 101 cm³/mol. The molecule has 144 valence electrons. The topological polar surface area (TPSA) is 62.5 Å². The lowest BCUT2D eigenvalue weighted by molar-refractivity contribution is -0.137. The van der Waals surface area contributed by atoms with Crippen molar-refractivity contribution in [1.82, 2.24) is 9.47 Å². The van der Waals surface area contributed by atoms with E-state index in [0.717, 1.165) is 29.9 Å². The minimum Gasteiger partial charge on any atom is -0.481 e. The minimum absolute atomic E-state index is 0.0171. The van der Waals surface area contributed by atoms with Gasteiger partial charge in [0.05, 0.1) is 5.56 Å². The summed E-state index contributed by atoms with van der Waals surface area (Å²) in [5.41, 5.74) is 3.22. The van der Waals surface area contributed by atoms with E-state index in [-0.39, 0.29) is 24.1 Å². The molecule has 6 heteroatoms. The second-order valence-corrected chi connectivity index (χ2v) is 7.29. The van der Waals surface area contributed by atoms with Crippen LogP contribution in [0, 0.1) is 25.6 Å². The number of hydrogen-bond donors (Lipinski definition) is 1. The van der Waals surface area contributed by atoms with Crippen LogP contribution in [-0.4, -0.2) is 39.5 Å². The first-order valence-corrected chi connectivity index (χ1v) is 9.32. The van der Waals surface area contributed by atoms with Gasteiger partial charge in [0.25, 0.3) is 5.91 Å². The zero-order valence-electron chi connectivity index (χ0n) is 15.7. The van der Waals surface area contributed by atoms with Crippen LogP contribution < -0.4 is 0 Å². The summed E-state index contributed by atoms with van der Waals surface area (Å²) in [6.45, 7) is 5.13. The number of carbonyl (C=O) groups excluding carboxylic acids is 1. The van der Waals surface area contributed by atoms with Gasteiger partial charge in [-0.25, -0.2) is 4.39 Å². The van der Waals surface area contributed by atoms with Gasteiger partial charge in [-0.2, -0.15) is 0 Å². The van der Waals surface area contributed by atoms with E-state index in [2.05, 4.69) is 0 Å². The maximum absolute atomic E-state index is 13.2. The molecule has 0 spiro atoms. The normalized spacial score (nSPS) is 17.1. The fourth-order valence-corrected chi connectivity index (χ4v) is 3.95. The Morgan fingerprint density at radius 3 is 2.59 bits per heavy atom. The number of halogens is 1. The molecule has 5 nitrogen and oxygen atoms in total. The highest BCUT2D eigenvalue weighted by molar-refractivity contribution is 5.96. The highest BCUT2D eigenvalue weighted by atomic mass is 19.1. The Morgan fingerprint density at radius 2 is 1.93 bits per heavy atom. The third kappa shape index (κ3) is 4.21. The molecule has 1 amide bonds. The number of carboxylic acids is 1. The monoisotopic (exact) mass is 372 g/mol. The lowest BCUT2D eigenvalue weighted by atomic mass is 9.93. The van der Waals surface area contributed by atoms with Gasteiger partial charge in [-0.1, -0.05) is 0 Å². The molecule has 0 saturated carbocycles. The molecule has 0 aliphatic carbocycles. The Morgan fingerprint density at radius 1 is 1.22 bits per heavy atom. The van der Waals surface area contributed by atoms with Gasteiger partial charge in [-0.3, -0.25) is 9.59 Å². The third-order valence-corrected chi connectivity index (χ3v) is 5.32. The smallest absolute Gasteiger partial charge is 0.303 e. The van der Waals surface area contributed by atoms with Crippen molar-refractivity contribution < 1.29 is 19.1 Å². The predicted octanol–water partition coefficient (Wildman–Crippen LogP) is 3.95. The molecule has 1 fully saturated rings. The number of carbonyl (C=O) groups is 2. The van der Waals surface area contributed by atoms with Crippen LogP contribution in [0.25, 0.3) is 5.69 Å². The number of aryl methyl sites for hydroxylation is 1. The molecule has 27 heavy (non-hydrogen) atoms. The lowest BCUT2D eigenvalue weighted by Crippen LogP contribution is -2.40. The van der Waals surface area contributed by atoms with Crippen molar-refractivity contribution in [2.45, 2.75) is 39.5 Å². The van der Waals surface area contributed by atoms with E-state index in [9.17, 15) is 14.0 Å². The molecule has 1 aromatic carbocycles. The highest BCUT2D eigenvalue weighted by Crippen LogP contribution is 2.26. The number of piperidine rings is 1. The van der Waals surface area contributed by atoms with Gasteiger partial charge in [0, 0.05) is 36.6 Å². The van der Waals surface area contributed by atoms with Gasteiger partial charge >= 0.3 is 5.97 Å². The molecule has 1 saturated heterocycles. The number of aromatic nitrogens is 1. The van der Waals surface area contributed by atoms with Crippen LogP contribution in [0.5, 0.6) is 0 Å². The van der Waals surface area contributed by atoms with Crippen molar-refractivity contribution in [2.75, 3.05) is 13.1 Å². The minimum atomic E-state index is -0.790. The highest BCUT2D eigenvalue weighted by Gasteiger charge is 2.27. The van der Waals surface area contributed by atoms with E-state index in [4.69, 9.17) is 5.11 Å². The molecule has 1 aromatic heterocycles. The van der Waals surface area contributed by atoms with Crippen LogP contribution >= 0.6 is 0 Å². The van der Waals surface area contributed by atoms with Gasteiger partial charge in [0.1, 0.15) is 5.82 Å². The second kappa shape index (κ2) is 7.94. The van der Waals surface area contributed by atoms with E-state index >= 15 is 0 Å². The van der Waals surface area contributed by atoms with E-state index in [1.807, 2.05) is 29.4 Å². The summed E-state index contributed by atoms with van der Waals surface area (Å²) in [7, 11) is 0. The first kappa shape index (κ1) is 19.1. The summed E-state index contributed by atoms with van der Waals surface area (Å²) in [5, 5.41) is 8.89. The molecule has 1 aliphatic heterocycles. The second-order valence-electron chi connectivity index (χ2n) is 7.29. The average Bonchev–Trinajstić information content (AvgIpc) is 2.95. The van der Waals surface area contributed by atoms with Gasteiger partial charge in [-0.05, 0) is 69.4 Å². The quantitative estimate of drug-likeness (QED) is 0.864. The Bertz CT molecular complexity index is 842. The molecule has 2 heterocycles. The van der Waals surface area contributed by atoms with Crippen LogP contribution in [0.1, 0.15) is 47.4 Å². The first-order chi connectivity index (χ1) is 12.9. The largest absolute Gasteiger partial charge is 0.481 e. The number of aliphatic carboxylic acids is 1.